The largest absolute Gasteiger partial charge is 0.302 e. The van der Waals surface area contributed by atoms with Crippen LogP contribution in [-0.4, -0.2) is 14.3 Å². The maximum atomic E-state index is 10.7. The standard InChI is InChI=1S/C15H12ClN3O2/c1-10(16)15-14(17-13-4-2-3-9-18(13)15)11-5-7-12(8-6-11)19(20)21/h2-10H,1H3. The summed E-state index contributed by atoms with van der Waals surface area (Å²) < 4.78 is 1.94. The van der Waals surface area contributed by atoms with Gasteiger partial charge < -0.3 is 4.40 Å². The molecule has 0 aliphatic carbocycles. The van der Waals surface area contributed by atoms with E-state index in [-0.39, 0.29) is 11.1 Å². The number of halogens is 1. The second-order valence-electron chi connectivity index (χ2n) is 4.69. The molecule has 1 aromatic carbocycles. The minimum absolute atomic E-state index is 0.0583. The number of hydrogen-bond acceptors (Lipinski definition) is 3. The molecule has 0 aliphatic rings. The van der Waals surface area contributed by atoms with E-state index in [4.69, 9.17) is 11.6 Å². The minimum atomic E-state index is -0.418. The van der Waals surface area contributed by atoms with E-state index in [1.165, 1.54) is 12.1 Å². The third-order valence-electron chi connectivity index (χ3n) is 3.30. The lowest BCUT2D eigenvalue weighted by Crippen LogP contribution is -1.95. The summed E-state index contributed by atoms with van der Waals surface area (Å²) in [6.07, 6.45) is 1.91. The van der Waals surface area contributed by atoms with Crippen molar-refractivity contribution < 1.29 is 4.92 Å². The second kappa shape index (κ2) is 5.18. The average molecular weight is 302 g/mol. The van der Waals surface area contributed by atoms with E-state index in [1.54, 1.807) is 12.1 Å². The quantitative estimate of drug-likeness (QED) is 0.413. The Morgan fingerprint density at radius 2 is 1.95 bits per heavy atom. The van der Waals surface area contributed by atoms with Crippen LogP contribution in [0.25, 0.3) is 16.9 Å². The van der Waals surface area contributed by atoms with Gasteiger partial charge in [0, 0.05) is 23.9 Å². The van der Waals surface area contributed by atoms with Crippen molar-refractivity contribution in [2.45, 2.75) is 12.3 Å². The van der Waals surface area contributed by atoms with Crippen LogP contribution in [0, 0.1) is 10.1 Å². The van der Waals surface area contributed by atoms with Gasteiger partial charge >= 0.3 is 0 Å². The molecule has 0 bridgehead atoms. The molecule has 0 saturated heterocycles. The van der Waals surface area contributed by atoms with Gasteiger partial charge in [-0.05, 0) is 31.2 Å². The molecule has 0 radical (unpaired) electrons. The van der Waals surface area contributed by atoms with Gasteiger partial charge in [0.1, 0.15) is 5.65 Å². The molecule has 0 spiro atoms. The number of alkyl halides is 1. The summed E-state index contributed by atoms with van der Waals surface area (Å²) in [4.78, 5) is 14.9. The highest BCUT2D eigenvalue weighted by molar-refractivity contribution is 6.20. The summed E-state index contributed by atoms with van der Waals surface area (Å²) in [6, 6.07) is 12.1. The first kappa shape index (κ1) is 13.6. The van der Waals surface area contributed by atoms with Crippen molar-refractivity contribution in [1.82, 2.24) is 9.38 Å². The van der Waals surface area contributed by atoms with E-state index in [9.17, 15) is 10.1 Å². The van der Waals surface area contributed by atoms with Crippen molar-refractivity contribution in [3.63, 3.8) is 0 Å². The lowest BCUT2D eigenvalue weighted by Gasteiger charge is -2.06. The molecule has 1 atom stereocenters. The summed E-state index contributed by atoms with van der Waals surface area (Å²) in [5.74, 6) is 0. The van der Waals surface area contributed by atoms with E-state index in [0.717, 1.165) is 22.6 Å². The van der Waals surface area contributed by atoms with Gasteiger partial charge in [-0.2, -0.15) is 0 Å². The summed E-state index contributed by atoms with van der Waals surface area (Å²) in [5.41, 5.74) is 3.29. The van der Waals surface area contributed by atoms with Crippen LogP contribution in [0.4, 0.5) is 5.69 Å². The van der Waals surface area contributed by atoms with Crippen LogP contribution in [-0.2, 0) is 0 Å². The van der Waals surface area contributed by atoms with Gasteiger partial charge in [0.2, 0.25) is 0 Å². The van der Waals surface area contributed by atoms with Gasteiger partial charge in [-0.3, -0.25) is 10.1 Å². The van der Waals surface area contributed by atoms with Crippen molar-refractivity contribution in [1.29, 1.82) is 0 Å². The van der Waals surface area contributed by atoms with Gasteiger partial charge in [-0.25, -0.2) is 4.98 Å². The molecular formula is C15H12ClN3O2. The SMILES string of the molecule is CC(Cl)c1c(-c2ccc([N+](=O)[O-])cc2)nc2ccccn12. The predicted molar refractivity (Wildman–Crippen MR) is 81.6 cm³/mol. The molecule has 2 aromatic heterocycles. The maximum absolute atomic E-state index is 10.7. The van der Waals surface area contributed by atoms with E-state index in [2.05, 4.69) is 4.98 Å². The smallest absolute Gasteiger partial charge is 0.269 e. The first-order valence-corrected chi connectivity index (χ1v) is 6.87. The number of aromatic nitrogens is 2. The van der Waals surface area contributed by atoms with Crippen LogP contribution in [0.1, 0.15) is 18.0 Å². The van der Waals surface area contributed by atoms with Crippen molar-refractivity contribution >= 4 is 22.9 Å². The Bertz CT molecular complexity index is 809. The molecule has 6 heteroatoms. The summed E-state index contributed by atoms with van der Waals surface area (Å²) >= 11 is 6.29. The number of nitro groups is 1. The normalized spacial score (nSPS) is 12.5. The monoisotopic (exact) mass is 301 g/mol. The molecule has 21 heavy (non-hydrogen) atoms. The van der Waals surface area contributed by atoms with Crippen LogP contribution >= 0.6 is 11.6 Å². The van der Waals surface area contributed by atoms with Crippen molar-refractivity contribution in [2.24, 2.45) is 0 Å². The fourth-order valence-corrected chi connectivity index (χ4v) is 2.56. The average Bonchev–Trinajstić information content (AvgIpc) is 2.86. The zero-order valence-corrected chi connectivity index (χ0v) is 12.0. The van der Waals surface area contributed by atoms with Crippen LogP contribution in [0.5, 0.6) is 0 Å². The van der Waals surface area contributed by atoms with Gasteiger partial charge in [0.05, 0.1) is 21.7 Å². The van der Waals surface area contributed by atoms with Gasteiger partial charge in [-0.1, -0.05) is 6.07 Å². The molecule has 0 aliphatic heterocycles. The summed E-state index contributed by atoms with van der Waals surface area (Å²) in [6.45, 7) is 1.88. The first-order valence-electron chi connectivity index (χ1n) is 6.44. The van der Waals surface area contributed by atoms with Crippen LogP contribution < -0.4 is 0 Å². The molecule has 0 saturated carbocycles. The highest BCUT2D eigenvalue weighted by Crippen LogP contribution is 2.32. The Hall–Kier alpha value is -2.40. The Balaban J connectivity index is 2.19. The maximum Gasteiger partial charge on any atom is 0.269 e. The van der Waals surface area contributed by atoms with Crippen molar-refractivity contribution in [3.05, 3.63) is 64.5 Å². The van der Waals surface area contributed by atoms with Gasteiger partial charge in [-0.15, -0.1) is 11.6 Å². The number of nitro benzene ring substituents is 1. The Morgan fingerprint density at radius 3 is 2.57 bits per heavy atom. The van der Waals surface area contributed by atoms with E-state index in [0.29, 0.717) is 0 Å². The van der Waals surface area contributed by atoms with E-state index < -0.39 is 4.92 Å². The molecule has 3 rings (SSSR count). The fraction of sp³-hybridized carbons (Fsp3) is 0.133. The molecule has 106 valence electrons. The number of benzene rings is 1. The number of imidazole rings is 1. The van der Waals surface area contributed by atoms with Crippen LogP contribution in [0.2, 0.25) is 0 Å². The summed E-state index contributed by atoms with van der Waals surface area (Å²) in [5, 5.41) is 10.5. The first-order chi connectivity index (χ1) is 10.1. The van der Waals surface area contributed by atoms with Crippen LogP contribution in [0.3, 0.4) is 0 Å². The predicted octanol–water partition coefficient (Wildman–Crippen LogP) is 4.21. The fourth-order valence-electron chi connectivity index (χ4n) is 2.35. The van der Waals surface area contributed by atoms with Gasteiger partial charge in [0.25, 0.3) is 5.69 Å². The number of hydrogen-bond donors (Lipinski definition) is 0. The van der Waals surface area contributed by atoms with Crippen molar-refractivity contribution in [3.8, 4) is 11.3 Å². The zero-order chi connectivity index (χ0) is 15.0. The second-order valence-corrected chi connectivity index (χ2v) is 5.35. The molecule has 0 amide bonds. The number of rotatable bonds is 3. The van der Waals surface area contributed by atoms with Crippen molar-refractivity contribution in [2.75, 3.05) is 0 Å². The third-order valence-corrected chi connectivity index (χ3v) is 3.50. The Morgan fingerprint density at radius 1 is 1.24 bits per heavy atom. The highest BCUT2D eigenvalue weighted by atomic mass is 35.5. The molecule has 0 fully saturated rings. The summed E-state index contributed by atoms with van der Waals surface area (Å²) in [7, 11) is 0. The number of fused-ring (bicyclic) bond motifs is 1. The topological polar surface area (TPSA) is 60.4 Å². The van der Waals surface area contributed by atoms with Crippen LogP contribution in [0.15, 0.2) is 48.7 Å². The molecule has 1 unspecified atom stereocenters. The van der Waals surface area contributed by atoms with E-state index in [1.807, 2.05) is 35.7 Å². The molecule has 5 nitrogen and oxygen atoms in total. The molecule has 2 heterocycles. The minimum Gasteiger partial charge on any atom is -0.302 e. The number of pyridine rings is 1. The number of nitrogens with zero attached hydrogens (tertiary/aromatic N) is 3. The Kier molecular flexibility index (Phi) is 3.35. The highest BCUT2D eigenvalue weighted by Gasteiger charge is 2.18. The zero-order valence-electron chi connectivity index (χ0n) is 11.2. The van der Waals surface area contributed by atoms with Gasteiger partial charge in [0.15, 0.2) is 0 Å². The Labute approximate surface area is 126 Å². The molecule has 3 aromatic rings. The lowest BCUT2D eigenvalue weighted by molar-refractivity contribution is -0.384. The lowest BCUT2D eigenvalue weighted by atomic mass is 10.1. The third kappa shape index (κ3) is 2.36. The molecular weight excluding hydrogens is 290 g/mol. The number of non-ortho nitro benzene ring substituents is 1. The molecule has 0 N–H and O–H groups in total. The van der Waals surface area contributed by atoms with E-state index >= 15 is 0 Å².